The number of halogens is 2. The number of hydrogen-bond donors (Lipinski definition) is 1. The number of carboxylic acid groups (broad SMARTS) is 1. The molecule has 1 unspecified atom stereocenters. The third kappa shape index (κ3) is 2.75. The van der Waals surface area contributed by atoms with Gasteiger partial charge in [-0.2, -0.15) is 0 Å². The van der Waals surface area contributed by atoms with E-state index in [2.05, 4.69) is 0 Å². The standard InChI is InChI=1S/C12H12F2O4S/c13-9-2-1-8(5-10(9)14)6-12(11(15)16)3-4-19(17,18)7-12/h1-2,5H,3-4,6-7H2,(H,15,16). The van der Waals surface area contributed by atoms with Crippen LogP contribution in [0.4, 0.5) is 8.78 Å². The van der Waals surface area contributed by atoms with Gasteiger partial charge in [-0.15, -0.1) is 0 Å². The van der Waals surface area contributed by atoms with Crippen LogP contribution in [0.2, 0.25) is 0 Å². The zero-order chi connectivity index (χ0) is 14.3. The van der Waals surface area contributed by atoms with Gasteiger partial charge in [0.2, 0.25) is 0 Å². The Morgan fingerprint density at radius 1 is 1.32 bits per heavy atom. The summed E-state index contributed by atoms with van der Waals surface area (Å²) in [5.74, 6) is -3.97. The van der Waals surface area contributed by atoms with Crippen LogP contribution in [0.3, 0.4) is 0 Å². The fourth-order valence-electron chi connectivity index (χ4n) is 2.34. The minimum absolute atomic E-state index is 0.0103. The first-order chi connectivity index (χ1) is 8.74. The van der Waals surface area contributed by atoms with Crippen molar-refractivity contribution >= 4 is 15.8 Å². The van der Waals surface area contributed by atoms with Crippen molar-refractivity contribution in [3.63, 3.8) is 0 Å². The number of rotatable bonds is 3. The average molecular weight is 290 g/mol. The molecule has 104 valence electrons. The molecule has 0 aromatic heterocycles. The van der Waals surface area contributed by atoms with E-state index in [-0.39, 0.29) is 24.2 Å². The van der Waals surface area contributed by atoms with Crippen LogP contribution in [0.1, 0.15) is 12.0 Å². The summed E-state index contributed by atoms with van der Waals surface area (Å²) in [7, 11) is -3.39. The lowest BCUT2D eigenvalue weighted by Gasteiger charge is -2.22. The van der Waals surface area contributed by atoms with Crippen LogP contribution in [0.5, 0.6) is 0 Å². The highest BCUT2D eigenvalue weighted by Crippen LogP contribution is 2.36. The summed E-state index contributed by atoms with van der Waals surface area (Å²) in [6.45, 7) is 0. The normalized spacial score (nSPS) is 25.4. The van der Waals surface area contributed by atoms with Crippen molar-refractivity contribution < 1.29 is 27.1 Å². The zero-order valence-electron chi connectivity index (χ0n) is 9.90. The van der Waals surface area contributed by atoms with Crippen LogP contribution in [-0.4, -0.2) is 31.0 Å². The van der Waals surface area contributed by atoms with E-state index < -0.39 is 38.6 Å². The molecule has 1 aromatic carbocycles. The van der Waals surface area contributed by atoms with Gasteiger partial charge in [-0.3, -0.25) is 4.79 Å². The van der Waals surface area contributed by atoms with Gasteiger partial charge in [0.25, 0.3) is 0 Å². The van der Waals surface area contributed by atoms with Crippen LogP contribution in [0.25, 0.3) is 0 Å². The van der Waals surface area contributed by atoms with Gasteiger partial charge in [-0.1, -0.05) is 6.07 Å². The van der Waals surface area contributed by atoms with Crippen LogP contribution < -0.4 is 0 Å². The Hall–Kier alpha value is -1.50. The van der Waals surface area contributed by atoms with Crippen LogP contribution in [0.15, 0.2) is 18.2 Å². The second-order valence-corrected chi connectivity index (χ2v) is 7.04. The molecule has 2 rings (SSSR count). The molecule has 1 N–H and O–H groups in total. The third-order valence-corrected chi connectivity index (χ3v) is 5.19. The quantitative estimate of drug-likeness (QED) is 0.913. The van der Waals surface area contributed by atoms with Crippen molar-refractivity contribution in [1.82, 2.24) is 0 Å². The number of carbonyl (C=O) groups is 1. The second-order valence-electron chi connectivity index (χ2n) is 4.85. The number of hydrogen-bond acceptors (Lipinski definition) is 3. The molecule has 0 spiro atoms. The van der Waals surface area contributed by atoms with Gasteiger partial charge in [0.1, 0.15) is 0 Å². The Kier molecular flexibility index (Phi) is 3.34. The van der Waals surface area contributed by atoms with E-state index in [1.54, 1.807) is 0 Å². The largest absolute Gasteiger partial charge is 0.481 e. The summed E-state index contributed by atoms with van der Waals surface area (Å²) in [4.78, 5) is 11.3. The number of carboxylic acids is 1. The highest BCUT2D eigenvalue weighted by Gasteiger charge is 2.48. The molecule has 19 heavy (non-hydrogen) atoms. The SMILES string of the molecule is O=C(O)C1(Cc2ccc(F)c(F)c2)CCS(=O)(=O)C1. The summed E-state index contributed by atoms with van der Waals surface area (Å²) >= 11 is 0. The van der Waals surface area contributed by atoms with E-state index in [9.17, 15) is 27.1 Å². The van der Waals surface area contributed by atoms with E-state index in [0.717, 1.165) is 12.1 Å². The van der Waals surface area contributed by atoms with Crippen molar-refractivity contribution in [2.45, 2.75) is 12.8 Å². The molecule has 1 atom stereocenters. The van der Waals surface area contributed by atoms with E-state index in [4.69, 9.17) is 0 Å². The van der Waals surface area contributed by atoms with E-state index in [1.165, 1.54) is 6.07 Å². The Balaban J connectivity index is 2.32. The molecule has 4 nitrogen and oxygen atoms in total. The molecule has 1 saturated heterocycles. The van der Waals surface area contributed by atoms with E-state index in [1.807, 2.05) is 0 Å². The molecule has 0 radical (unpaired) electrons. The van der Waals surface area contributed by atoms with Crippen LogP contribution in [0, 0.1) is 17.0 Å². The monoisotopic (exact) mass is 290 g/mol. The predicted molar refractivity (Wildman–Crippen MR) is 63.4 cm³/mol. The van der Waals surface area contributed by atoms with Gasteiger partial charge >= 0.3 is 5.97 Å². The Morgan fingerprint density at radius 2 is 2.00 bits per heavy atom. The maximum atomic E-state index is 13.1. The number of sulfone groups is 1. The van der Waals surface area contributed by atoms with Crippen molar-refractivity contribution in [3.8, 4) is 0 Å². The molecule has 1 aliphatic heterocycles. The fraction of sp³-hybridized carbons (Fsp3) is 0.417. The third-order valence-electron chi connectivity index (χ3n) is 3.37. The molecule has 1 aromatic rings. The zero-order valence-corrected chi connectivity index (χ0v) is 10.7. The molecular formula is C12H12F2O4S. The van der Waals surface area contributed by atoms with Crippen LogP contribution in [-0.2, 0) is 21.1 Å². The van der Waals surface area contributed by atoms with E-state index in [0.29, 0.717) is 0 Å². The summed E-state index contributed by atoms with van der Waals surface area (Å²) in [5, 5.41) is 9.25. The predicted octanol–water partition coefficient (Wildman–Crippen LogP) is 1.40. The average Bonchev–Trinajstić information content (AvgIpc) is 2.61. The lowest BCUT2D eigenvalue weighted by molar-refractivity contribution is -0.147. The summed E-state index contributed by atoms with van der Waals surface area (Å²) < 4.78 is 48.8. The van der Waals surface area contributed by atoms with Crippen molar-refractivity contribution in [2.75, 3.05) is 11.5 Å². The molecular weight excluding hydrogens is 278 g/mol. The second kappa shape index (κ2) is 4.56. The number of aliphatic carboxylic acids is 1. The van der Waals surface area contributed by atoms with Gasteiger partial charge < -0.3 is 5.11 Å². The van der Waals surface area contributed by atoms with Crippen LogP contribution >= 0.6 is 0 Å². The highest BCUT2D eigenvalue weighted by molar-refractivity contribution is 7.91. The Morgan fingerprint density at radius 3 is 2.47 bits per heavy atom. The molecule has 0 aliphatic carbocycles. The smallest absolute Gasteiger partial charge is 0.311 e. The maximum absolute atomic E-state index is 13.1. The van der Waals surface area contributed by atoms with Gasteiger partial charge in [0, 0.05) is 0 Å². The van der Waals surface area contributed by atoms with Gasteiger partial charge in [-0.05, 0) is 30.5 Å². The van der Waals surface area contributed by atoms with Gasteiger partial charge in [-0.25, -0.2) is 17.2 Å². The lowest BCUT2D eigenvalue weighted by Crippen LogP contribution is -2.34. The summed E-state index contributed by atoms with van der Waals surface area (Å²) in [6, 6.07) is 3.09. The minimum Gasteiger partial charge on any atom is -0.481 e. The molecule has 0 saturated carbocycles. The molecule has 1 aliphatic rings. The van der Waals surface area contributed by atoms with Crippen molar-refractivity contribution in [2.24, 2.45) is 5.41 Å². The summed E-state index contributed by atoms with van der Waals surface area (Å²) in [6.07, 6.45) is -0.136. The minimum atomic E-state index is -3.39. The number of benzene rings is 1. The Bertz CT molecular complexity index is 627. The molecule has 0 amide bonds. The molecule has 0 bridgehead atoms. The first kappa shape index (κ1) is 13.9. The first-order valence-corrected chi connectivity index (χ1v) is 7.44. The fourth-order valence-corrected chi connectivity index (χ4v) is 4.40. The topological polar surface area (TPSA) is 71.4 Å². The van der Waals surface area contributed by atoms with Gasteiger partial charge in [0.05, 0.1) is 16.9 Å². The lowest BCUT2D eigenvalue weighted by atomic mass is 9.81. The highest BCUT2D eigenvalue weighted by atomic mass is 32.2. The van der Waals surface area contributed by atoms with Crippen molar-refractivity contribution in [3.05, 3.63) is 35.4 Å². The van der Waals surface area contributed by atoms with E-state index >= 15 is 0 Å². The Labute approximate surface area is 109 Å². The van der Waals surface area contributed by atoms with Crippen molar-refractivity contribution in [1.29, 1.82) is 0 Å². The first-order valence-electron chi connectivity index (χ1n) is 5.62. The molecule has 1 heterocycles. The maximum Gasteiger partial charge on any atom is 0.311 e. The van der Waals surface area contributed by atoms with Gasteiger partial charge in [0.15, 0.2) is 21.5 Å². The molecule has 1 fully saturated rings. The summed E-state index contributed by atoms with van der Waals surface area (Å²) in [5.41, 5.74) is -1.17. The molecule has 7 heteroatoms.